The maximum atomic E-state index is 12.5. The number of halogens is 3. The van der Waals surface area contributed by atoms with E-state index in [0.717, 1.165) is 5.56 Å². The summed E-state index contributed by atoms with van der Waals surface area (Å²) in [6.07, 6.45) is -1.15. The van der Waals surface area contributed by atoms with E-state index >= 15 is 0 Å². The molecular formula is C16H15Cl3O3S. The predicted molar refractivity (Wildman–Crippen MR) is 93.8 cm³/mol. The van der Waals surface area contributed by atoms with Gasteiger partial charge in [-0.15, -0.1) is 0 Å². The van der Waals surface area contributed by atoms with Gasteiger partial charge in [0.05, 0.1) is 4.90 Å². The van der Waals surface area contributed by atoms with Gasteiger partial charge >= 0.3 is 0 Å². The maximum Gasteiger partial charge on any atom is 0.297 e. The molecule has 23 heavy (non-hydrogen) atoms. The predicted octanol–water partition coefficient (Wildman–Crippen LogP) is 5.29. The Morgan fingerprint density at radius 2 is 1.61 bits per heavy atom. The molecule has 2 aromatic rings. The van der Waals surface area contributed by atoms with Gasteiger partial charge in [0, 0.05) is 10.6 Å². The maximum absolute atomic E-state index is 12.5. The Kier molecular flexibility index (Phi) is 5.64. The fourth-order valence-corrected chi connectivity index (χ4v) is 3.78. The van der Waals surface area contributed by atoms with E-state index in [9.17, 15) is 8.42 Å². The highest BCUT2D eigenvalue weighted by Crippen LogP contribution is 2.42. The normalized spacial score (nSPS) is 13.8. The quantitative estimate of drug-likeness (QED) is 0.512. The zero-order valence-electron chi connectivity index (χ0n) is 12.5. The standard InChI is InChI=1S/C16H15Cl3O3S/c1-11-7-9-12(10-8-11)23(20,21)22-15(16(2,18)19)13-5-3-4-6-14(13)17/h3-10,15H,1-2H3. The highest BCUT2D eigenvalue weighted by molar-refractivity contribution is 7.86. The van der Waals surface area contributed by atoms with Crippen molar-refractivity contribution >= 4 is 44.9 Å². The summed E-state index contributed by atoms with van der Waals surface area (Å²) in [6, 6.07) is 13.0. The fraction of sp³-hybridized carbons (Fsp3) is 0.250. The summed E-state index contributed by atoms with van der Waals surface area (Å²) in [5.41, 5.74) is 1.34. The van der Waals surface area contributed by atoms with E-state index in [2.05, 4.69) is 0 Å². The third-order valence-corrected chi connectivity index (χ3v) is 5.22. The summed E-state index contributed by atoms with van der Waals surface area (Å²) >= 11 is 18.4. The van der Waals surface area contributed by atoms with Crippen LogP contribution in [-0.2, 0) is 14.3 Å². The largest absolute Gasteiger partial charge is 0.297 e. The summed E-state index contributed by atoms with van der Waals surface area (Å²) < 4.78 is 28.8. The first-order valence-corrected chi connectivity index (χ1v) is 9.27. The zero-order valence-corrected chi connectivity index (χ0v) is 15.5. The minimum Gasteiger partial charge on any atom is -0.255 e. The molecule has 2 aromatic carbocycles. The lowest BCUT2D eigenvalue weighted by molar-refractivity contribution is 0.199. The van der Waals surface area contributed by atoms with Crippen molar-refractivity contribution < 1.29 is 12.6 Å². The van der Waals surface area contributed by atoms with Crippen molar-refractivity contribution in [3.63, 3.8) is 0 Å². The smallest absolute Gasteiger partial charge is 0.255 e. The molecule has 0 amide bonds. The first kappa shape index (κ1) is 18.6. The second-order valence-corrected chi connectivity index (χ2v) is 8.96. The Bertz CT molecular complexity index is 781. The fourth-order valence-electron chi connectivity index (χ4n) is 1.98. The third-order valence-electron chi connectivity index (χ3n) is 3.18. The lowest BCUT2D eigenvalue weighted by Crippen LogP contribution is -2.26. The first-order chi connectivity index (χ1) is 10.6. The number of rotatable bonds is 5. The molecule has 0 heterocycles. The van der Waals surface area contributed by atoms with Gasteiger partial charge in [0.2, 0.25) is 0 Å². The average Bonchev–Trinajstić information content (AvgIpc) is 2.45. The third kappa shape index (κ3) is 4.61. The molecule has 0 radical (unpaired) electrons. The SMILES string of the molecule is Cc1ccc(S(=O)(=O)OC(c2ccccc2Cl)C(C)(Cl)Cl)cc1. The van der Waals surface area contributed by atoms with E-state index in [1.54, 1.807) is 36.4 Å². The summed E-state index contributed by atoms with van der Waals surface area (Å²) in [7, 11) is -4.05. The molecule has 1 unspecified atom stereocenters. The van der Waals surface area contributed by atoms with Crippen LogP contribution >= 0.6 is 34.8 Å². The summed E-state index contributed by atoms with van der Waals surface area (Å²) in [5, 5.41) is 0.323. The van der Waals surface area contributed by atoms with Gasteiger partial charge in [-0.2, -0.15) is 8.42 Å². The number of alkyl halides is 2. The minimum absolute atomic E-state index is 0.0257. The van der Waals surface area contributed by atoms with Crippen molar-refractivity contribution in [2.75, 3.05) is 0 Å². The van der Waals surface area contributed by atoms with E-state index < -0.39 is 20.6 Å². The highest BCUT2D eigenvalue weighted by Gasteiger charge is 2.38. The van der Waals surface area contributed by atoms with Crippen LogP contribution in [0.15, 0.2) is 53.4 Å². The molecule has 124 valence electrons. The van der Waals surface area contributed by atoms with Crippen LogP contribution in [0.3, 0.4) is 0 Å². The van der Waals surface area contributed by atoms with Crippen LogP contribution in [0, 0.1) is 6.92 Å². The molecule has 0 aliphatic carbocycles. The van der Waals surface area contributed by atoms with E-state index in [1.165, 1.54) is 19.1 Å². The van der Waals surface area contributed by atoms with Crippen LogP contribution in [0.1, 0.15) is 24.2 Å². The molecule has 0 spiro atoms. The molecular weight excluding hydrogens is 379 g/mol. The number of hydrogen-bond acceptors (Lipinski definition) is 3. The van der Waals surface area contributed by atoms with Gasteiger partial charge < -0.3 is 0 Å². The molecule has 1 atom stereocenters. The summed E-state index contributed by atoms with van der Waals surface area (Å²) in [4.78, 5) is 0.0257. The monoisotopic (exact) mass is 392 g/mol. The van der Waals surface area contributed by atoms with Crippen molar-refractivity contribution in [3.8, 4) is 0 Å². The van der Waals surface area contributed by atoms with Gasteiger partial charge in [0.1, 0.15) is 10.4 Å². The Morgan fingerprint density at radius 1 is 1.04 bits per heavy atom. The van der Waals surface area contributed by atoms with Gasteiger partial charge in [0.15, 0.2) is 0 Å². The van der Waals surface area contributed by atoms with Gasteiger partial charge in [-0.1, -0.05) is 70.7 Å². The Balaban J connectivity index is 2.43. The van der Waals surface area contributed by atoms with Crippen LogP contribution in [0.25, 0.3) is 0 Å². The van der Waals surface area contributed by atoms with E-state index in [0.29, 0.717) is 10.6 Å². The van der Waals surface area contributed by atoms with Crippen molar-refractivity contribution in [1.82, 2.24) is 0 Å². The van der Waals surface area contributed by atoms with Crippen LogP contribution in [0.2, 0.25) is 5.02 Å². The molecule has 0 saturated heterocycles. The van der Waals surface area contributed by atoms with E-state index in [4.69, 9.17) is 39.0 Å². The molecule has 0 aliphatic rings. The molecule has 0 N–H and O–H groups in total. The van der Waals surface area contributed by atoms with E-state index in [1.807, 2.05) is 6.92 Å². The van der Waals surface area contributed by atoms with Gasteiger partial charge in [0.25, 0.3) is 10.1 Å². The van der Waals surface area contributed by atoms with Crippen molar-refractivity contribution in [1.29, 1.82) is 0 Å². The van der Waals surface area contributed by atoms with E-state index in [-0.39, 0.29) is 4.90 Å². The first-order valence-electron chi connectivity index (χ1n) is 6.73. The van der Waals surface area contributed by atoms with Gasteiger partial charge in [-0.25, -0.2) is 0 Å². The topological polar surface area (TPSA) is 43.4 Å². The lowest BCUT2D eigenvalue weighted by Gasteiger charge is -2.27. The lowest BCUT2D eigenvalue weighted by atomic mass is 10.1. The van der Waals surface area contributed by atoms with Crippen LogP contribution in [-0.4, -0.2) is 12.8 Å². The molecule has 0 fully saturated rings. The van der Waals surface area contributed by atoms with Crippen molar-refractivity contribution in [2.45, 2.75) is 29.2 Å². The number of hydrogen-bond donors (Lipinski definition) is 0. The summed E-state index contributed by atoms with van der Waals surface area (Å²) in [5.74, 6) is 0. The Hall–Kier alpha value is -0.780. The van der Waals surface area contributed by atoms with Crippen molar-refractivity contribution in [2.24, 2.45) is 0 Å². The second kappa shape index (κ2) is 6.99. The van der Waals surface area contributed by atoms with Crippen LogP contribution < -0.4 is 0 Å². The molecule has 3 nitrogen and oxygen atoms in total. The minimum atomic E-state index is -4.05. The Morgan fingerprint density at radius 3 is 2.13 bits per heavy atom. The van der Waals surface area contributed by atoms with Crippen LogP contribution in [0.4, 0.5) is 0 Å². The van der Waals surface area contributed by atoms with Crippen molar-refractivity contribution in [3.05, 3.63) is 64.7 Å². The molecule has 0 saturated carbocycles. The molecule has 0 bridgehead atoms. The molecule has 2 rings (SSSR count). The average molecular weight is 394 g/mol. The number of aryl methyl sites for hydroxylation is 1. The second-order valence-electron chi connectivity index (χ2n) is 5.22. The summed E-state index contributed by atoms with van der Waals surface area (Å²) in [6.45, 7) is 3.31. The Labute approximate surface area is 151 Å². The van der Waals surface area contributed by atoms with Gasteiger partial charge in [-0.05, 0) is 32.0 Å². The van der Waals surface area contributed by atoms with Gasteiger partial charge in [-0.3, -0.25) is 4.18 Å². The molecule has 7 heteroatoms. The molecule has 0 aromatic heterocycles. The molecule has 0 aliphatic heterocycles. The van der Waals surface area contributed by atoms with Crippen LogP contribution in [0.5, 0.6) is 0 Å². The number of benzene rings is 2. The highest BCUT2D eigenvalue weighted by atomic mass is 35.5. The zero-order chi connectivity index (χ0) is 17.3.